The van der Waals surface area contributed by atoms with E-state index in [4.69, 9.17) is 9.94 Å². The molecule has 0 saturated carbocycles. The molecule has 0 aliphatic carbocycles. The quantitative estimate of drug-likeness (QED) is 0.824. The maximum absolute atomic E-state index is 12.4. The van der Waals surface area contributed by atoms with Gasteiger partial charge in [0.15, 0.2) is 11.5 Å². The van der Waals surface area contributed by atoms with Crippen molar-refractivity contribution in [1.82, 2.24) is 0 Å². The zero-order valence-corrected chi connectivity index (χ0v) is 8.28. The van der Waals surface area contributed by atoms with Crippen molar-refractivity contribution in [3.8, 4) is 5.75 Å². The first-order valence-corrected chi connectivity index (χ1v) is 4.55. The molecular weight excluding hydrogens is 239 g/mol. The van der Waals surface area contributed by atoms with E-state index in [0.29, 0.717) is 0 Å². The van der Waals surface area contributed by atoms with Gasteiger partial charge in [-0.3, -0.25) is 0 Å². The summed E-state index contributed by atoms with van der Waals surface area (Å²) in [5.74, 6) is -1.17. The molecule has 0 aromatic heterocycles. The van der Waals surface area contributed by atoms with Crippen LogP contribution < -0.4 is 4.84 Å². The first-order valence-electron chi connectivity index (χ1n) is 4.55. The normalized spacial score (nSPS) is 14.6. The van der Waals surface area contributed by atoms with E-state index in [-0.39, 0.29) is 23.4 Å². The van der Waals surface area contributed by atoms with E-state index in [1.54, 1.807) is 0 Å². The summed E-state index contributed by atoms with van der Waals surface area (Å²) in [6, 6.07) is 2.85. The minimum atomic E-state index is -4.47. The molecular formula is C10H6F3NO3. The third kappa shape index (κ3) is 2.22. The Hall–Kier alpha value is -2.05. The van der Waals surface area contributed by atoms with Gasteiger partial charge in [0.25, 0.3) is 0 Å². The first kappa shape index (κ1) is 11.4. The number of hydrogen-bond acceptors (Lipinski definition) is 3. The third-order valence-electron chi connectivity index (χ3n) is 2.25. The lowest BCUT2D eigenvalue weighted by atomic mass is 10.0. The number of oxime groups is 1. The molecule has 0 spiro atoms. The molecule has 1 aliphatic heterocycles. The van der Waals surface area contributed by atoms with Crippen LogP contribution in [-0.2, 0) is 17.4 Å². The zero-order chi connectivity index (χ0) is 12.6. The van der Waals surface area contributed by atoms with Crippen LogP contribution in [0.4, 0.5) is 13.2 Å². The molecule has 0 unspecified atom stereocenters. The molecule has 0 fully saturated rings. The van der Waals surface area contributed by atoms with E-state index in [1.807, 2.05) is 0 Å². The lowest BCUT2D eigenvalue weighted by Crippen LogP contribution is -2.21. The van der Waals surface area contributed by atoms with E-state index in [2.05, 4.69) is 5.16 Å². The summed E-state index contributed by atoms with van der Waals surface area (Å²) >= 11 is 0. The molecule has 0 radical (unpaired) electrons. The van der Waals surface area contributed by atoms with Crippen LogP contribution in [0.25, 0.3) is 0 Å². The summed E-state index contributed by atoms with van der Waals surface area (Å²) in [6.07, 6.45) is -4.65. The molecule has 90 valence electrons. The second-order valence-corrected chi connectivity index (χ2v) is 3.43. The van der Waals surface area contributed by atoms with Gasteiger partial charge in [-0.1, -0.05) is 5.16 Å². The molecule has 0 bridgehead atoms. The summed E-state index contributed by atoms with van der Waals surface area (Å²) < 4.78 is 37.3. The molecule has 1 aliphatic rings. The predicted molar refractivity (Wildman–Crippen MR) is 50.8 cm³/mol. The number of alkyl halides is 3. The van der Waals surface area contributed by atoms with E-state index in [1.165, 1.54) is 0 Å². The van der Waals surface area contributed by atoms with Crippen LogP contribution in [0.1, 0.15) is 11.1 Å². The minimum absolute atomic E-state index is 0.142. The maximum Gasteiger partial charge on any atom is 0.416 e. The average molecular weight is 245 g/mol. The number of aliphatic carboxylic acids is 1. The van der Waals surface area contributed by atoms with Gasteiger partial charge >= 0.3 is 12.1 Å². The SMILES string of the molecule is O=C(O)C1=NOc2ccc(C(F)(F)F)cc2C1. The topological polar surface area (TPSA) is 58.9 Å². The van der Waals surface area contributed by atoms with Crippen LogP contribution >= 0.6 is 0 Å². The van der Waals surface area contributed by atoms with Gasteiger partial charge in [0.1, 0.15) is 0 Å². The van der Waals surface area contributed by atoms with E-state index in [0.717, 1.165) is 18.2 Å². The van der Waals surface area contributed by atoms with Crippen molar-refractivity contribution in [3.05, 3.63) is 29.3 Å². The van der Waals surface area contributed by atoms with Gasteiger partial charge in [-0.15, -0.1) is 0 Å². The summed E-state index contributed by atoms with van der Waals surface area (Å²) in [5.41, 5.74) is -1.00. The van der Waals surface area contributed by atoms with Gasteiger partial charge in [-0.2, -0.15) is 13.2 Å². The van der Waals surface area contributed by atoms with Crippen LogP contribution in [0, 0.1) is 0 Å². The van der Waals surface area contributed by atoms with Crippen LogP contribution in [0.5, 0.6) is 5.75 Å². The Morgan fingerprint density at radius 3 is 2.71 bits per heavy atom. The van der Waals surface area contributed by atoms with Gasteiger partial charge in [0.2, 0.25) is 0 Å². The second-order valence-electron chi connectivity index (χ2n) is 3.43. The van der Waals surface area contributed by atoms with Gasteiger partial charge in [0.05, 0.1) is 5.56 Å². The van der Waals surface area contributed by atoms with Gasteiger partial charge in [-0.25, -0.2) is 4.79 Å². The molecule has 0 amide bonds. The van der Waals surface area contributed by atoms with Crippen LogP contribution in [0.3, 0.4) is 0 Å². The Balaban J connectivity index is 2.36. The van der Waals surface area contributed by atoms with Crippen molar-refractivity contribution < 1.29 is 27.9 Å². The molecule has 1 heterocycles. The van der Waals surface area contributed by atoms with Crippen molar-refractivity contribution in [2.75, 3.05) is 0 Å². The summed E-state index contributed by atoms with van der Waals surface area (Å²) in [4.78, 5) is 15.3. The lowest BCUT2D eigenvalue weighted by Gasteiger charge is -2.15. The molecule has 7 heteroatoms. The minimum Gasteiger partial charge on any atom is -0.477 e. The lowest BCUT2D eigenvalue weighted by molar-refractivity contribution is -0.137. The Kier molecular flexibility index (Phi) is 2.53. The van der Waals surface area contributed by atoms with E-state index < -0.39 is 17.7 Å². The Morgan fingerprint density at radius 2 is 2.12 bits per heavy atom. The fraction of sp³-hybridized carbons (Fsp3) is 0.200. The van der Waals surface area contributed by atoms with Crippen molar-refractivity contribution in [2.24, 2.45) is 5.16 Å². The van der Waals surface area contributed by atoms with E-state index in [9.17, 15) is 18.0 Å². The number of fused-ring (bicyclic) bond motifs is 1. The molecule has 4 nitrogen and oxygen atoms in total. The molecule has 0 atom stereocenters. The summed E-state index contributed by atoms with van der Waals surface area (Å²) in [5, 5.41) is 12.0. The third-order valence-corrected chi connectivity index (χ3v) is 2.25. The largest absolute Gasteiger partial charge is 0.477 e. The molecule has 2 rings (SSSR count). The van der Waals surface area contributed by atoms with Crippen molar-refractivity contribution in [2.45, 2.75) is 12.6 Å². The number of hydrogen-bond donors (Lipinski definition) is 1. The highest BCUT2D eigenvalue weighted by atomic mass is 19.4. The Bertz CT molecular complexity index is 508. The van der Waals surface area contributed by atoms with E-state index >= 15 is 0 Å². The van der Waals surface area contributed by atoms with Crippen molar-refractivity contribution >= 4 is 11.7 Å². The Morgan fingerprint density at radius 1 is 1.41 bits per heavy atom. The van der Waals surface area contributed by atoms with Gasteiger partial charge in [-0.05, 0) is 18.2 Å². The van der Waals surface area contributed by atoms with Gasteiger partial charge < -0.3 is 9.94 Å². The smallest absolute Gasteiger partial charge is 0.416 e. The van der Waals surface area contributed by atoms with Crippen molar-refractivity contribution in [1.29, 1.82) is 0 Å². The monoisotopic (exact) mass is 245 g/mol. The first-order chi connectivity index (χ1) is 7.88. The highest BCUT2D eigenvalue weighted by Crippen LogP contribution is 2.33. The number of carboxylic acids is 1. The fourth-order valence-corrected chi connectivity index (χ4v) is 1.41. The molecule has 1 aromatic rings. The summed E-state index contributed by atoms with van der Waals surface area (Å²) in [6.45, 7) is 0. The number of halogens is 3. The zero-order valence-electron chi connectivity index (χ0n) is 8.28. The van der Waals surface area contributed by atoms with Crippen molar-refractivity contribution in [3.63, 3.8) is 0 Å². The van der Waals surface area contributed by atoms with Gasteiger partial charge in [0, 0.05) is 12.0 Å². The molecule has 1 aromatic carbocycles. The second kappa shape index (κ2) is 3.76. The summed E-state index contributed by atoms with van der Waals surface area (Å²) in [7, 11) is 0. The molecule has 0 saturated heterocycles. The number of carbonyl (C=O) groups is 1. The number of benzene rings is 1. The van der Waals surface area contributed by atoms with Crippen LogP contribution in [0.15, 0.2) is 23.4 Å². The maximum atomic E-state index is 12.4. The highest BCUT2D eigenvalue weighted by molar-refractivity contribution is 6.36. The number of rotatable bonds is 1. The molecule has 1 N–H and O–H groups in total. The standard InChI is InChI=1S/C10H6F3NO3/c11-10(12,13)6-1-2-8-5(3-6)4-7(9(15)16)14-17-8/h1-3H,4H2,(H,15,16). The van der Waals surface area contributed by atoms with Crippen LogP contribution in [-0.4, -0.2) is 16.8 Å². The molecule has 17 heavy (non-hydrogen) atoms. The number of nitrogens with zero attached hydrogens (tertiary/aromatic N) is 1. The average Bonchev–Trinajstić information content (AvgIpc) is 2.26. The fourth-order valence-electron chi connectivity index (χ4n) is 1.41. The Labute approximate surface area is 93.3 Å². The van der Waals surface area contributed by atoms with Crippen LogP contribution in [0.2, 0.25) is 0 Å². The highest BCUT2D eigenvalue weighted by Gasteiger charge is 2.32. The predicted octanol–water partition coefficient (Wildman–Crippen LogP) is 2.08. The number of carboxylic acid groups (broad SMARTS) is 1.